The van der Waals surface area contributed by atoms with Crippen LogP contribution in [-0.2, 0) is 11.0 Å². The van der Waals surface area contributed by atoms with Crippen LogP contribution >= 0.6 is 0 Å². The van der Waals surface area contributed by atoms with E-state index in [9.17, 15) is 18.0 Å². The predicted molar refractivity (Wildman–Crippen MR) is 88.4 cm³/mol. The molecule has 0 N–H and O–H groups in total. The van der Waals surface area contributed by atoms with E-state index >= 15 is 0 Å². The third kappa shape index (κ3) is 4.60. The molecule has 1 unspecified atom stereocenters. The molecule has 2 rings (SSSR count). The summed E-state index contributed by atoms with van der Waals surface area (Å²) < 4.78 is 37.6. The second-order valence-corrected chi connectivity index (χ2v) is 6.43. The summed E-state index contributed by atoms with van der Waals surface area (Å²) in [6, 6.07) is 5.40. The van der Waals surface area contributed by atoms with Gasteiger partial charge in [-0.05, 0) is 44.0 Å². The van der Waals surface area contributed by atoms with Crippen LogP contribution in [0.5, 0.6) is 0 Å². The van der Waals surface area contributed by atoms with Gasteiger partial charge < -0.3 is 4.90 Å². The van der Waals surface area contributed by atoms with E-state index in [1.807, 2.05) is 0 Å². The average molecular weight is 340 g/mol. The van der Waals surface area contributed by atoms with Crippen molar-refractivity contribution in [1.29, 1.82) is 0 Å². The van der Waals surface area contributed by atoms with E-state index in [0.717, 1.165) is 31.6 Å². The Balaban J connectivity index is 1.95. The Hall–Kier alpha value is -1.82. The third-order valence-corrected chi connectivity index (χ3v) is 4.48. The lowest BCUT2D eigenvalue weighted by atomic mass is 10.1. The van der Waals surface area contributed by atoms with Crippen molar-refractivity contribution in [3.8, 4) is 0 Å². The number of hydrogen-bond acceptors (Lipinski definition) is 2. The maximum absolute atomic E-state index is 12.5. The summed E-state index contributed by atoms with van der Waals surface area (Å²) in [5.74, 6) is -0.134. The molecule has 1 saturated heterocycles. The number of halogens is 3. The van der Waals surface area contributed by atoms with Gasteiger partial charge in [0.25, 0.3) is 0 Å². The normalized spacial score (nSPS) is 19.4. The van der Waals surface area contributed by atoms with Crippen molar-refractivity contribution in [2.45, 2.75) is 38.5 Å². The van der Waals surface area contributed by atoms with E-state index in [1.165, 1.54) is 18.2 Å². The highest BCUT2D eigenvalue weighted by Crippen LogP contribution is 2.29. The molecule has 1 aliphatic heterocycles. The first-order valence-corrected chi connectivity index (χ1v) is 8.04. The van der Waals surface area contributed by atoms with Crippen LogP contribution in [0.1, 0.15) is 31.4 Å². The molecule has 6 heteroatoms. The molecule has 0 radical (unpaired) electrons. The Morgan fingerprint density at radius 2 is 1.92 bits per heavy atom. The minimum absolute atomic E-state index is 0.134. The summed E-state index contributed by atoms with van der Waals surface area (Å²) in [5, 5.41) is 0. The zero-order chi connectivity index (χ0) is 17.9. The van der Waals surface area contributed by atoms with E-state index in [4.69, 9.17) is 0 Å². The van der Waals surface area contributed by atoms with Crippen LogP contribution < -0.4 is 0 Å². The zero-order valence-electron chi connectivity index (χ0n) is 14.2. The first-order chi connectivity index (χ1) is 11.2. The molecular weight excluding hydrogens is 317 g/mol. The van der Waals surface area contributed by atoms with E-state index in [0.29, 0.717) is 11.6 Å². The highest BCUT2D eigenvalue weighted by molar-refractivity contribution is 5.91. The van der Waals surface area contributed by atoms with Crippen LogP contribution in [0.15, 0.2) is 30.3 Å². The fourth-order valence-corrected chi connectivity index (χ4v) is 2.80. The minimum atomic E-state index is -4.34. The number of rotatable bonds is 4. The molecular formula is C18H23F3N2O. The van der Waals surface area contributed by atoms with Crippen LogP contribution in [0.4, 0.5) is 13.2 Å². The molecule has 0 aromatic heterocycles. The number of nitrogens with zero attached hydrogens (tertiary/aromatic N) is 2. The molecule has 1 atom stereocenters. The van der Waals surface area contributed by atoms with E-state index in [-0.39, 0.29) is 11.9 Å². The molecule has 1 heterocycles. The van der Waals surface area contributed by atoms with Crippen LogP contribution in [0.25, 0.3) is 6.08 Å². The van der Waals surface area contributed by atoms with Crippen molar-refractivity contribution in [1.82, 2.24) is 9.80 Å². The lowest BCUT2D eigenvalue weighted by Gasteiger charge is -2.25. The Morgan fingerprint density at radius 1 is 1.29 bits per heavy atom. The lowest BCUT2D eigenvalue weighted by molar-refractivity contribution is -0.137. The number of alkyl halides is 3. The van der Waals surface area contributed by atoms with Gasteiger partial charge in [-0.1, -0.05) is 12.1 Å². The predicted octanol–water partition coefficient (Wildman–Crippen LogP) is 3.66. The van der Waals surface area contributed by atoms with Gasteiger partial charge in [-0.3, -0.25) is 9.69 Å². The summed E-state index contributed by atoms with van der Waals surface area (Å²) in [4.78, 5) is 16.3. The van der Waals surface area contributed by atoms with E-state index in [2.05, 4.69) is 18.7 Å². The Labute approximate surface area is 140 Å². The van der Waals surface area contributed by atoms with Crippen molar-refractivity contribution in [2.75, 3.05) is 20.1 Å². The van der Waals surface area contributed by atoms with Gasteiger partial charge in [0.05, 0.1) is 5.56 Å². The molecule has 0 bridgehead atoms. The first kappa shape index (κ1) is 18.5. The Kier molecular flexibility index (Phi) is 5.70. The summed E-state index contributed by atoms with van der Waals surface area (Å²) in [6.45, 7) is 6.10. The minimum Gasteiger partial charge on any atom is -0.338 e. The van der Waals surface area contributed by atoms with Gasteiger partial charge in [0.15, 0.2) is 0 Å². The molecule has 0 aliphatic carbocycles. The summed E-state index contributed by atoms with van der Waals surface area (Å²) in [6.07, 6.45) is -0.438. The Bertz CT molecular complexity index is 593. The summed E-state index contributed by atoms with van der Waals surface area (Å²) in [7, 11) is 1.77. The molecule has 1 amide bonds. The highest BCUT2D eigenvalue weighted by Gasteiger charge is 2.30. The third-order valence-electron chi connectivity index (χ3n) is 4.48. The molecule has 1 aliphatic rings. The standard InChI is InChI=1S/C18H23F3N2O/c1-13(2)23-11-10-16(12-23)22(3)17(24)9-6-14-4-7-15(8-5-14)18(19,20)21/h4-9,13,16H,10-12H2,1-3H3/b9-6-. The molecule has 3 nitrogen and oxygen atoms in total. The van der Waals surface area contributed by atoms with Crippen LogP contribution in [0.2, 0.25) is 0 Å². The maximum Gasteiger partial charge on any atom is 0.416 e. The largest absolute Gasteiger partial charge is 0.416 e. The van der Waals surface area contributed by atoms with Crippen LogP contribution in [-0.4, -0.2) is 47.9 Å². The van der Waals surface area contributed by atoms with Crippen molar-refractivity contribution in [3.05, 3.63) is 41.5 Å². The number of hydrogen-bond donors (Lipinski definition) is 0. The van der Waals surface area contributed by atoms with Crippen molar-refractivity contribution < 1.29 is 18.0 Å². The fraction of sp³-hybridized carbons (Fsp3) is 0.500. The van der Waals surface area contributed by atoms with Gasteiger partial charge >= 0.3 is 6.18 Å². The van der Waals surface area contributed by atoms with Crippen LogP contribution in [0, 0.1) is 0 Å². The van der Waals surface area contributed by atoms with Gasteiger partial charge in [-0.2, -0.15) is 13.2 Å². The average Bonchev–Trinajstić information content (AvgIpc) is 3.01. The second-order valence-electron chi connectivity index (χ2n) is 6.43. The topological polar surface area (TPSA) is 23.6 Å². The number of carbonyl (C=O) groups is 1. The van der Waals surface area contributed by atoms with Crippen molar-refractivity contribution in [2.24, 2.45) is 0 Å². The van der Waals surface area contributed by atoms with Crippen molar-refractivity contribution in [3.63, 3.8) is 0 Å². The number of likely N-dealkylation sites (tertiary alicyclic amines) is 1. The van der Waals surface area contributed by atoms with Gasteiger partial charge in [-0.25, -0.2) is 0 Å². The zero-order valence-corrected chi connectivity index (χ0v) is 14.2. The molecule has 1 aromatic rings. The van der Waals surface area contributed by atoms with Gasteiger partial charge in [-0.15, -0.1) is 0 Å². The smallest absolute Gasteiger partial charge is 0.338 e. The maximum atomic E-state index is 12.5. The summed E-state index contributed by atoms with van der Waals surface area (Å²) in [5.41, 5.74) is -0.122. The lowest BCUT2D eigenvalue weighted by Crippen LogP contribution is -2.39. The molecule has 1 fully saturated rings. The van der Waals surface area contributed by atoms with E-state index in [1.54, 1.807) is 18.0 Å². The molecule has 1 aromatic carbocycles. The first-order valence-electron chi connectivity index (χ1n) is 8.04. The van der Waals surface area contributed by atoms with Gasteiger partial charge in [0, 0.05) is 38.3 Å². The second kappa shape index (κ2) is 7.38. The Morgan fingerprint density at radius 3 is 2.42 bits per heavy atom. The molecule has 132 valence electrons. The highest BCUT2D eigenvalue weighted by atomic mass is 19.4. The van der Waals surface area contributed by atoms with Crippen LogP contribution in [0.3, 0.4) is 0 Å². The number of amides is 1. The number of benzene rings is 1. The van der Waals surface area contributed by atoms with E-state index < -0.39 is 11.7 Å². The molecule has 0 saturated carbocycles. The molecule has 0 spiro atoms. The molecule has 24 heavy (non-hydrogen) atoms. The number of carbonyl (C=O) groups excluding carboxylic acids is 1. The fourth-order valence-electron chi connectivity index (χ4n) is 2.80. The van der Waals surface area contributed by atoms with Crippen molar-refractivity contribution >= 4 is 12.0 Å². The SMILES string of the molecule is CC(C)N1CCC(N(C)C(=O)/C=C\c2ccc(C(F)(F)F)cc2)C1. The number of likely N-dealkylation sites (N-methyl/N-ethyl adjacent to an activating group) is 1. The van der Waals surface area contributed by atoms with Gasteiger partial charge in [0.1, 0.15) is 0 Å². The summed E-state index contributed by atoms with van der Waals surface area (Å²) >= 11 is 0. The van der Waals surface area contributed by atoms with Gasteiger partial charge in [0.2, 0.25) is 5.91 Å². The quantitative estimate of drug-likeness (QED) is 0.781. The monoisotopic (exact) mass is 340 g/mol.